The van der Waals surface area contributed by atoms with E-state index in [1.807, 2.05) is 18.7 Å². The summed E-state index contributed by atoms with van der Waals surface area (Å²) < 4.78 is 13.8. The van der Waals surface area contributed by atoms with Crippen molar-refractivity contribution in [3.63, 3.8) is 0 Å². The molecule has 4 heterocycles. The molecule has 0 radical (unpaired) electrons. The van der Waals surface area contributed by atoms with Gasteiger partial charge in [-0.05, 0) is 50.5 Å². The van der Waals surface area contributed by atoms with Gasteiger partial charge in [-0.1, -0.05) is 0 Å². The van der Waals surface area contributed by atoms with Crippen molar-refractivity contribution < 1.29 is 14.0 Å². The first-order valence-electron chi connectivity index (χ1n) is 11.0. The van der Waals surface area contributed by atoms with Crippen molar-refractivity contribution in [2.24, 2.45) is 0 Å². The summed E-state index contributed by atoms with van der Waals surface area (Å²) >= 11 is 0. The smallest absolute Gasteiger partial charge is 0.232 e. The lowest BCUT2D eigenvalue weighted by Gasteiger charge is -2.32. The van der Waals surface area contributed by atoms with Crippen LogP contribution in [0.4, 0.5) is 10.2 Å². The van der Waals surface area contributed by atoms with Crippen LogP contribution in [0.1, 0.15) is 47.1 Å². The van der Waals surface area contributed by atoms with Crippen LogP contribution in [0.2, 0.25) is 0 Å². The van der Waals surface area contributed by atoms with Crippen molar-refractivity contribution in [3.05, 3.63) is 52.4 Å². The molecule has 0 spiro atoms. The molecule has 32 heavy (non-hydrogen) atoms. The van der Waals surface area contributed by atoms with Gasteiger partial charge in [0.2, 0.25) is 11.8 Å². The van der Waals surface area contributed by atoms with Crippen molar-refractivity contribution in [3.8, 4) is 0 Å². The molecule has 1 N–H and O–H groups in total. The minimum atomic E-state index is -0.309. The molecule has 1 aromatic carbocycles. The van der Waals surface area contributed by atoms with E-state index in [0.29, 0.717) is 31.2 Å². The predicted molar refractivity (Wildman–Crippen MR) is 119 cm³/mol. The second kappa shape index (κ2) is 7.69. The lowest BCUT2D eigenvalue weighted by molar-refractivity contribution is -0.131. The zero-order valence-corrected chi connectivity index (χ0v) is 18.5. The normalized spacial score (nSPS) is 18.5. The van der Waals surface area contributed by atoms with E-state index in [9.17, 15) is 14.0 Å². The third-order valence-corrected chi connectivity index (χ3v) is 6.78. The molecule has 1 fully saturated rings. The molecule has 166 valence electrons. The van der Waals surface area contributed by atoms with Crippen LogP contribution in [-0.4, -0.2) is 51.8 Å². The van der Waals surface area contributed by atoms with E-state index in [2.05, 4.69) is 4.98 Å². The zero-order chi connectivity index (χ0) is 22.6. The number of carbonyl (C=O) groups excluding carboxylic acids is 2. The first kappa shape index (κ1) is 20.6. The molecular formula is C24H26FN5O2. The number of piperidine rings is 1. The predicted octanol–water partition coefficient (Wildman–Crippen LogP) is 3.18. The SMILES string of the molecule is Cc1nc([C@@H]2CCCN(C(=O)Cc3c(C)[nH]c4ccc(F)cc34)C2)nc2c1CC(=O)N2C. The van der Waals surface area contributed by atoms with Gasteiger partial charge in [0.15, 0.2) is 0 Å². The molecule has 0 aliphatic carbocycles. The van der Waals surface area contributed by atoms with Gasteiger partial charge >= 0.3 is 0 Å². The van der Waals surface area contributed by atoms with Gasteiger partial charge in [0.05, 0.1) is 12.8 Å². The number of aryl methyl sites for hydroxylation is 2. The van der Waals surface area contributed by atoms with Gasteiger partial charge < -0.3 is 9.88 Å². The van der Waals surface area contributed by atoms with Gasteiger partial charge in [-0.15, -0.1) is 0 Å². The van der Waals surface area contributed by atoms with Crippen LogP contribution in [0.5, 0.6) is 0 Å². The van der Waals surface area contributed by atoms with Crippen LogP contribution in [-0.2, 0) is 22.4 Å². The number of hydrogen-bond donors (Lipinski definition) is 1. The molecule has 0 bridgehead atoms. The van der Waals surface area contributed by atoms with Crippen LogP contribution >= 0.6 is 0 Å². The lowest BCUT2D eigenvalue weighted by atomic mass is 9.96. The standard InChI is InChI=1S/C24H26FN5O2/c1-13-17(19-9-16(25)6-7-20(19)26-13)10-22(32)30-8-4-5-15(12-30)23-27-14(2)18-11-21(31)29(3)24(18)28-23/h6-7,9,15,26H,4-5,8,10-12H2,1-3H3/t15-/m1/s1. The van der Waals surface area contributed by atoms with Crippen LogP contribution in [0.15, 0.2) is 18.2 Å². The maximum absolute atomic E-state index is 13.8. The maximum atomic E-state index is 13.8. The Bertz CT molecular complexity index is 1250. The number of aromatic nitrogens is 3. The number of anilines is 1. The van der Waals surface area contributed by atoms with Crippen LogP contribution in [0, 0.1) is 19.7 Å². The number of carbonyl (C=O) groups is 2. The second-order valence-corrected chi connectivity index (χ2v) is 8.87. The highest BCUT2D eigenvalue weighted by molar-refractivity contribution is 6.00. The molecule has 5 rings (SSSR count). The highest BCUT2D eigenvalue weighted by Crippen LogP contribution is 2.32. The average Bonchev–Trinajstić information content (AvgIpc) is 3.24. The van der Waals surface area contributed by atoms with E-state index in [0.717, 1.165) is 46.3 Å². The monoisotopic (exact) mass is 435 g/mol. The third kappa shape index (κ3) is 3.43. The number of aromatic amines is 1. The fraction of sp³-hybridized carbons (Fsp3) is 0.417. The van der Waals surface area contributed by atoms with E-state index < -0.39 is 0 Å². The Morgan fingerprint density at radius 2 is 2.09 bits per heavy atom. The van der Waals surface area contributed by atoms with Gasteiger partial charge in [0.25, 0.3) is 0 Å². The summed E-state index contributed by atoms with van der Waals surface area (Å²) in [5, 5.41) is 0.759. The first-order valence-corrected chi connectivity index (χ1v) is 11.0. The van der Waals surface area contributed by atoms with E-state index in [-0.39, 0.29) is 30.0 Å². The highest BCUT2D eigenvalue weighted by Gasteiger charge is 2.32. The minimum absolute atomic E-state index is 0.0214. The lowest BCUT2D eigenvalue weighted by Crippen LogP contribution is -2.40. The molecule has 2 aromatic heterocycles. The Hall–Kier alpha value is -3.29. The fourth-order valence-corrected chi connectivity index (χ4v) is 4.92. The molecule has 2 aliphatic heterocycles. The Morgan fingerprint density at radius 3 is 2.91 bits per heavy atom. The summed E-state index contributed by atoms with van der Waals surface area (Å²) in [6, 6.07) is 4.61. The Kier molecular flexibility index (Phi) is 4.95. The summed E-state index contributed by atoms with van der Waals surface area (Å²) in [6.07, 6.45) is 2.34. The maximum Gasteiger partial charge on any atom is 0.232 e. The molecule has 0 unspecified atom stereocenters. The van der Waals surface area contributed by atoms with Crippen molar-refractivity contribution >= 4 is 28.5 Å². The Balaban J connectivity index is 1.37. The summed E-state index contributed by atoms with van der Waals surface area (Å²) in [5.41, 5.74) is 4.30. The van der Waals surface area contributed by atoms with E-state index in [1.54, 1.807) is 18.0 Å². The van der Waals surface area contributed by atoms with Crippen LogP contribution in [0.25, 0.3) is 10.9 Å². The molecule has 2 aliphatic rings. The van der Waals surface area contributed by atoms with Crippen LogP contribution < -0.4 is 4.90 Å². The number of hydrogen-bond acceptors (Lipinski definition) is 4. The number of fused-ring (bicyclic) bond motifs is 2. The summed E-state index contributed by atoms with van der Waals surface area (Å²) in [7, 11) is 1.74. The number of nitrogens with zero attached hydrogens (tertiary/aromatic N) is 4. The molecule has 8 heteroatoms. The largest absolute Gasteiger partial charge is 0.358 e. The number of H-pyrrole nitrogens is 1. The topological polar surface area (TPSA) is 82.2 Å². The summed E-state index contributed by atoms with van der Waals surface area (Å²) in [4.78, 5) is 41.4. The van der Waals surface area contributed by atoms with Crippen molar-refractivity contribution in [2.45, 2.75) is 45.4 Å². The minimum Gasteiger partial charge on any atom is -0.358 e. The van der Waals surface area contributed by atoms with Crippen molar-refractivity contribution in [1.82, 2.24) is 19.9 Å². The Morgan fingerprint density at radius 1 is 1.28 bits per heavy atom. The molecule has 7 nitrogen and oxygen atoms in total. The molecule has 1 saturated heterocycles. The number of likely N-dealkylation sites (N-methyl/N-ethyl adjacent to an activating group) is 1. The van der Waals surface area contributed by atoms with Gasteiger partial charge in [-0.2, -0.15) is 0 Å². The number of halogens is 1. The number of nitrogens with one attached hydrogen (secondary N) is 1. The molecule has 1 atom stereocenters. The molecular weight excluding hydrogens is 409 g/mol. The number of benzene rings is 1. The molecule has 0 saturated carbocycles. The van der Waals surface area contributed by atoms with E-state index >= 15 is 0 Å². The van der Waals surface area contributed by atoms with Gasteiger partial charge in [-0.3, -0.25) is 14.5 Å². The van der Waals surface area contributed by atoms with Crippen LogP contribution in [0.3, 0.4) is 0 Å². The first-order chi connectivity index (χ1) is 15.3. The second-order valence-electron chi connectivity index (χ2n) is 8.87. The fourth-order valence-electron chi connectivity index (χ4n) is 4.92. The molecule has 2 amide bonds. The average molecular weight is 436 g/mol. The third-order valence-electron chi connectivity index (χ3n) is 6.78. The van der Waals surface area contributed by atoms with Gasteiger partial charge in [0.1, 0.15) is 17.5 Å². The van der Waals surface area contributed by atoms with Crippen molar-refractivity contribution in [2.75, 3.05) is 25.0 Å². The quantitative estimate of drug-likeness (QED) is 0.685. The highest BCUT2D eigenvalue weighted by atomic mass is 19.1. The number of rotatable bonds is 3. The summed E-state index contributed by atoms with van der Waals surface area (Å²) in [5.74, 6) is 1.16. The van der Waals surface area contributed by atoms with E-state index in [4.69, 9.17) is 9.97 Å². The van der Waals surface area contributed by atoms with Gasteiger partial charge in [-0.25, -0.2) is 14.4 Å². The molecule has 3 aromatic rings. The van der Waals surface area contributed by atoms with E-state index in [1.165, 1.54) is 12.1 Å². The van der Waals surface area contributed by atoms with Gasteiger partial charge in [0, 0.05) is 53.9 Å². The summed E-state index contributed by atoms with van der Waals surface area (Å²) in [6.45, 7) is 5.07. The van der Waals surface area contributed by atoms with Crippen molar-refractivity contribution in [1.29, 1.82) is 0 Å². The Labute approximate surface area is 185 Å². The number of amides is 2. The zero-order valence-electron chi connectivity index (χ0n) is 18.5. The number of likely N-dealkylation sites (tertiary alicyclic amines) is 1.